The molecule has 2 heterocycles. The highest BCUT2D eigenvalue weighted by Gasteiger charge is 2.44. The molecule has 0 aromatic rings. The van der Waals surface area contributed by atoms with Crippen LogP contribution in [0.5, 0.6) is 0 Å². The van der Waals surface area contributed by atoms with E-state index in [9.17, 15) is 9.59 Å². The summed E-state index contributed by atoms with van der Waals surface area (Å²) in [5.74, 6) is 0.118. The molecule has 1 spiro atoms. The number of hydrogen-bond acceptors (Lipinski definition) is 2. The lowest BCUT2D eigenvalue weighted by Gasteiger charge is -2.21. The Morgan fingerprint density at radius 3 is 3.07 bits per heavy atom. The Bertz CT molecular complexity index is 292. The van der Waals surface area contributed by atoms with Gasteiger partial charge in [-0.2, -0.15) is 0 Å². The molecule has 0 radical (unpaired) electrons. The molecule has 0 aromatic carbocycles. The molecule has 15 heavy (non-hydrogen) atoms. The van der Waals surface area contributed by atoms with Gasteiger partial charge >= 0.3 is 6.03 Å². The van der Waals surface area contributed by atoms with Crippen LogP contribution in [0, 0.1) is 5.41 Å². The molecular weight excluding hydrogens is 194 g/mol. The van der Waals surface area contributed by atoms with E-state index in [0.29, 0.717) is 19.5 Å². The molecule has 5 nitrogen and oxygen atoms in total. The lowest BCUT2D eigenvalue weighted by atomic mass is 9.86. The Labute approximate surface area is 89.2 Å². The van der Waals surface area contributed by atoms with Crippen LogP contribution >= 0.6 is 0 Å². The van der Waals surface area contributed by atoms with Crippen molar-refractivity contribution in [2.24, 2.45) is 5.41 Å². The molecule has 5 heteroatoms. The molecular formula is C10H17N3O2. The van der Waals surface area contributed by atoms with Crippen molar-refractivity contribution in [1.82, 2.24) is 15.5 Å². The average molecular weight is 211 g/mol. The van der Waals surface area contributed by atoms with E-state index in [1.165, 1.54) is 0 Å². The Kier molecular flexibility index (Phi) is 2.54. The molecule has 2 N–H and O–H groups in total. The topological polar surface area (TPSA) is 61.4 Å². The number of urea groups is 1. The van der Waals surface area contributed by atoms with E-state index in [-0.39, 0.29) is 17.4 Å². The zero-order valence-electron chi connectivity index (χ0n) is 9.01. The Morgan fingerprint density at radius 2 is 2.47 bits per heavy atom. The van der Waals surface area contributed by atoms with Gasteiger partial charge in [-0.05, 0) is 13.3 Å². The fourth-order valence-electron chi connectivity index (χ4n) is 2.41. The van der Waals surface area contributed by atoms with Crippen molar-refractivity contribution < 1.29 is 9.59 Å². The van der Waals surface area contributed by atoms with Crippen molar-refractivity contribution in [3.05, 3.63) is 0 Å². The van der Waals surface area contributed by atoms with Gasteiger partial charge in [0, 0.05) is 38.0 Å². The SMILES string of the molecule is CCNC(=O)N1CCC2(CNC(=O)C2)C1. The van der Waals surface area contributed by atoms with Gasteiger partial charge in [-0.3, -0.25) is 4.79 Å². The average Bonchev–Trinajstić information content (AvgIpc) is 2.76. The first-order valence-electron chi connectivity index (χ1n) is 5.45. The second-order valence-corrected chi connectivity index (χ2v) is 4.46. The Balaban J connectivity index is 1.94. The minimum Gasteiger partial charge on any atom is -0.355 e. The first-order chi connectivity index (χ1) is 7.15. The van der Waals surface area contributed by atoms with Gasteiger partial charge in [0.1, 0.15) is 0 Å². The molecule has 2 aliphatic heterocycles. The van der Waals surface area contributed by atoms with Gasteiger partial charge in [-0.15, -0.1) is 0 Å². The van der Waals surface area contributed by atoms with Gasteiger partial charge in [0.2, 0.25) is 5.91 Å². The van der Waals surface area contributed by atoms with Crippen molar-refractivity contribution in [2.45, 2.75) is 19.8 Å². The first kappa shape index (κ1) is 10.3. The van der Waals surface area contributed by atoms with Crippen LogP contribution in [0.25, 0.3) is 0 Å². The summed E-state index contributed by atoms with van der Waals surface area (Å²) in [6, 6.07) is -0.00581. The smallest absolute Gasteiger partial charge is 0.317 e. The molecule has 0 aliphatic carbocycles. The molecule has 2 fully saturated rings. The molecule has 2 saturated heterocycles. The minimum atomic E-state index is -0.00581. The number of carbonyl (C=O) groups excluding carboxylic acids is 2. The monoisotopic (exact) mass is 211 g/mol. The van der Waals surface area contributed by atoms with Gasteiger partial charge in [-0.25, -0.2) is 4.79 Å². The van der Waals surface area contributed by atoms with Crippen molar-refractivity contribution in [2.75, 3.05) is 26.2 Å². The van der Waals surface area contributed by atoms with Crippen LogP contribution in [-0.2, 0) is 4.79 Å². The predicted octanol–water partition coefficient (Wildman–Crippen LogP) is -0.0721. The minimum absolute atomic E-state index is 0.00581. The highest BCUT2D eigenvalue weighted by Crippen LogP contribution is 2.36. The summed E-state index contributed by atoms with van der Waals surface area (Å²) < 4.78 is 0. The Hall–Kier alpha value is -1.26. The molecule has 2 aliphatic rings. The maximum atomic E-state index is 11.6. The van der Waals surface area contributed by atoms with Crippen molar-refractivity contribution in [1.29, 1.82) is 0 Å². The Morgan fingerprint density at radius 1 is 1.67 bits per heavy atom. The van der Waals surface area contributed by atoms with Gasteiger partial charge in [0.15, 0.2) is 0 Å². The highest BCUT2D eigenvalue weighted by molar-refractivity contribution is 5.80. The van der Waals surface area contributed by atoms with Crippen molar-refractivity contribution in [3.8, 4) is 0 Å². The summed E-state index contributed by atoms with van der Waals surface area (Å²) in [7, 11) is 0. The number of hydrogen-bond donors (Lipinski definition) is 2. The zero-order chi connectivity index (χ0) is 10.9. The molecule has 0 bridgehead atoms. The van der Waals surface area contributed by atoms with Crippen LogP contribution in [0.4, 0.5) is 4.79 Å². The summed E-state index contributed by atoms with van der Waals surface area (Å²) in [6.07, 6.45) is 1.51. The maximum absolute atomic E-state index is 11.6. The summed E-state index contributed by atoms with van der Waals surface area (Å²) in [4.78, 5) is 24.6. The quantitative estimate of drug-likeness (QED) is 0.637. The van der Waals surface area contributed by atoms with Crippen molar-refractivity contribution in [3.63, 3.8) is 0 Å². The third-order valence-electron chi connectivity index (χ3n) is 3.25. The van der Waals surface area contributed by atoms with Gasteiger partial charge < -0.3 is 15.5 Å². The summed E-state index contributed by atoms with van der Waals surface area (Å²) >= 11 is 0. The standard InChI is InChI=1S/C10H17N3O2/c1-2-11-9(15)13-4-3-10(7-13)5-8(14)12-6-10/h2-7H2,1H3,(H,11,15)(H,12,14). The van der Waals surface area contributed by atoms with E-state index in [2.05, 4.69) is 10.6 Å². The molecule has 2 rings (SSSR count). The second kappa shape index (κ2) is 3.72. The molecule has 0 saturated carbocycles. The number of nitrogens with zero attached hydrogens (tertiary/aromatic N) is 1. The van der Waals surface area contributed by atoms with Crippen LogP contribution in [0.15, 0.2) is 0 Å². The van der Waals surface area contributed by atoms with E-state index in [4.69, 9.17) is 0 Å². The molecule has 84 valence electrons. The van der Waals surface area contributed by atoms with Crippen LogP contribution in [0.1, 0.15) is 19.8 Å². The van der Waals surface area contributed by atoms with E-state index in [1.54, 1.807) is 0 Å². The van der Waals surface area contributed by atoms with E-state index >= 15 is 0 Å². The lowest BCUT2D eigenvalue weighted by Crippen LogP contribution is -2.40. The third kappa shape index (κ3) is 1.91. The van der Waals surface area contributed by atoms with Gasteiger partial charge in [0.25, 0.3) is 0 Å². The van der Waals surface area contributed by atoms with E-state index in [0.717, 1.165) is 19.5 Å². The normalized spacial score (nSPS) is 29.7. The van der Waals surface area contributed by atoms with Crippen LogP contribution in [0.2, 0.25) is 0 Å². The van der Waals surface area contributed by atoms with E-state index < -0.39 is 0 Å². The number of rotatable bonds is 1. The van der Waals surface area contributed by atoms with Crippen LogP contribution in [-0.4, -0.2) is 43.0 Å². The van der Waals surface area contributed by atoms with Gasteiger partial charge in [-0.1, -0.05) is 0 Å². The summed E-state index contributed by atoms with van der Waals surface area (Å²) in [5, 5.41) is 5.63. The summed E-state index contributed by atoms with van der Waals surface area (Å²) in [6.45, 7) is 4.75. The number of carbonyl (C=O) groups is 2. The fraction of sp³-hybridized carbons (Fsp3) is 0.800. The third-order valence-corrected chi connectivity index (χ3v) is 3.25. The highest BCUT2D eigenvalue weighted by atomic mass is 16.2. The largest absolute Gasteiger partial charge is 0.355 e. The first-order valence-corrected chi connectivity index (χ1v) is 5.45. The van der Waals surface area contributed by atoms with Crippen LogP contribution < -0.4 is 10.6 Å². The predicted molar refractivity (Wildman–Crippen MR) is 55.3 cm³/mol. The number of likely N-dealkylation sites (tertiary alicyclic amines) is 1. The molecule has 1 atom stereocenters. The lowest BCUT2D eigenvalue weighted by molar-refractivity contribution is -0.119. The second-order valence-electron chi connectivity index (χ2n) is 4.46. The molecule has 0 aromatic heterocycles. The number of nitrogens with one attached hydrogen (secondary N) is 2. The van der Waals surface area contributed by atoms with Gasteiger partial charge in [0.05, 0.1) is 0 Å². The fourth-order valence-corrected chi connectivity index (χ4v) is 2.41. The van der Waals surface area contributed by atoms with Crippen molar-refractivity contribution >= 4 is 11.9 Å². The number of amides is 3. The molecule has 1 unspecified atom stereocenters. The maximum Gasteiger partial charge on any atom is 0.317 e. The van der Waals surface area contributed by atoms with Crippen LogP contribution in [0.3, 0.4) is 0 Å². The van der Waals surface area contributed by atoms with E-state index in [1.807, 2.05) is 11.8 Å². The molecule has 3 amide bonds. The summed E-state index contributed by atoms with van der Waals surface area (Å²) in [5.41, 5.74) is 0.0160. The zero-order valence-corrected chi connectivity index (χ0v) is 9.01.